The van der Waals surface area contributed by atoms with Gasteiger partial charge in [0.2, 0.25) is 0 Å². The maximum absolute atomic E-state index is 3.50. The van der Waals surface area contributed by atoms with Crippen molar-refractivity contribution in [1.82, 2.24) is 10.2 Å². The van der Waals surface area contributed by atoms with Crippen LogP contribution in [0, 0.1) is 0 Å². The molecule has 1 heterocycles. The minimum atomic E-state index is 0.759. The summed E-state index contributed by atoms with van der Waals surface area (Å²) in [6, 6.07) is 1.57. The van der Waals surface area contributed by atoms with Crippen molar-refractivity contribution in [2.45, 2.75) is 77.3 Å². The Morgan fingerprint density at radius 3 is 2.76 bits per heavy atom. The first-order valence-corrected chi connectivity index (χ1v) is 7.68. The first-order valence-electron chi connectivity index (χ1n) is 7.68. The van der Waals surface area contributed by atoms with Gasteiger partial charge in [0.15, 0.2) is 0 Å². The van der Waals surface area contributed by atoms with Crippen LogP contribution >= 0.6 is 0 Å². The van der Waals surface area contributed by atoms with Crippen LogP contribution in [0.1, 0.15) is 65.2 Å². The molecule has 1 fully saturated rings. The van der Waals surface area contributed by atoms with Crippen molar-refractivity contribution in [2.24, 2.45) is 0 Å². The molecule has 2 atom stereocenters. The molecule has 1 rings (SSSR count). The van der Waals surface area contributed by atoms with Gasteiger partial charge in [-0.05, 0) is 52.7 Å². The normalized spacial score (nSPS) is 23.6. The number of nitrogens with one attached hydrogen (secondary N) is 1. The van der Waals surface area contributed by atoms with Gasteiger partial charge in [-0.25, -0.2) is 0 Å². The van der Waals surface area contributed by atoms with Gasteiger partial charge in [0.05, 0.1) is 0 Å². The van der Waals surface area contributed by atoms with Gasteiger partial charge in [-0.3, -0.25) is 0 Å². The summed E-state index contributed by atoms with van der Waals surface area (Å²) >= 11 is 0. The largest absolute Gasteiger partial charge is 0.317 e. The van der Waals surface area contributed by atoms with Crippen LogP contribution in [-0.4, -0.2) is 37.1 Å². The standard InChI is InChI=1S/C15H32N2/c1-4-5-6-7-9-14(2)17(3)15-10-8-12-16-13-11-15/h14-16H,4-13H2,1-3H3. The third-order valence-corrected chi connectivity index (χ3v) is 4.29. The molecule has 1 aliphatic heterocycles. The Morgan fingerprint density at radius 2 is 2.00 bits per heavy atom. The summed E-state index contributed by atoms with van der Waals surface area (Å²) in [6.07, 6.45) is 11.0. The van der Waals surface area contributed by atoms with Crippen LogP contribution in [0.5, 0.6) is 0 Å². The zero-order valence-electron chi connectivity index (χ0n) is 12.2. The summed E-state index contributed by atoms with van der Waals surface area (Å²) in [5.74, 6) is 0. The monoisotopic (exact) mass is 240 g/mol. The number of nitrogens with zero attached hydrogens (tertiary/aromatic N) is 1. The molecule has 102 valence electrons. The van der Waals surface area contributed by atoms with Crippen LogP contribution in [0.4, 0.5) is 0 Å². The Bertz CT molecular complexity index is 174. The van der Waals surface area contributed by atoms with E-state index in [1.165, 1.54) is 64.5 Å². The summed E-state index contributed by atoms with van der Waals surface area (Å²) in [6.45, 7) is 7.12. The van der Waals surface area contributed by atoms with Gasteiger partial charge in [0.1, 0.15) is 0 Å². The number of rotatable bonds is 7. The van der Waals surface area contributed by atoms with Crippen molar-refractivity contribution in [1.29, 1.82) is 0 Å². The second-order valence-electron chi connectivity index (χ2n) is 5.70. The molecule has 0 aromatic heterocycles. The van der Waals surface area contributed by atoms with Crippen LogP contribution in [-0.2, 0) is 0 Å². The fourth-order valence-corrected chi connectivity index (χ4v) is 2.84. The third-order valence-electron chi connectivity index (χ3n) is 4.29. The van der Waals surface area contributed by atoms with Crippen molar-refractivity contribution in [2.75, 3.05) is 20.1 Å². The average molecular weight is 240 g/mol. The van der Waals surface area contributed by atoms with Gasteiger partial charge >= 0.3 is 0 Å². The lowest BCUT2D eigenvalue weighted by Gasteiger charge is -2.32. The van der Waals surface area contributed by atoms with Crippen LogP contribution in [0.2, 0.25) is 0 Å². The highest BCUT2D eigenvalue weighted by molar-refractivity contribution is 4.77. The summed E-state index contributed by atoms with van der Waals surface area (Å²) in [5, 5.41) is 3.50. The highest BCUT2D eigenvalue weighted by atomic mass is 15.2. The molecule has 1 aliphatic rings. The molecule has 0 aromatic rings. The van der Waals surface area contributed by atoms with E-state index >= 15 is 0 Å². The van der Waals surface area contributed by atoms with Crippen molar-refractivity contribution in [3.05, 3.63) is 0 Å². The third kappa shape index (κ3) is 5.87. The van der Waals surface area contributed by atoms with Gasteiger partial charge in [-0.15, -0.1) is 0 Å². The maximum Gasteiger partial charge on any atom is 0.0108 e. The second kappa shape index (κ2) is 8.93. The first kappa shape index (κ1) is 15.0. The van der Waals surface area contributed by atoms with E-state index in [1.54, 1.807) is 0 Å². The molecule has 17 heavy (non-hydrogen) atoms. The minimum Gasteiger partial charge on any atom is -0.317 e. The predicted octanol–water partition coefficient (Wildman–Crippen LogP) is 3.42. The lowest BCUT2D eigenvalue weighted by atomic mass is 10.0. The molecule has 0 bridgehead atoms. The Morgan fingerprint density at radius 1 is 1.18 bits per heavy atom. The molecule has 0 spiro atoms. The van der Waals surface area contributed by atoms with E-state index in [0.29, 0.717) is 0 Å². The van der Waals surface area contributed by atoms with E-state index in [9.17, 15) is 0 Å². The number of unbranched alkanes of at least 4 members (excludes halogenated alkanes) is 3. The predicted molar refractivity (Wildman–Crippen MR) is 76.5 cm³/mol. The second-order valence-corrected chi connectivity index (χ2v) is 5.70. The SMILES string of the molecule is CCCCCCC(C)N(C)C1CCCNCC1. The summed E-state index contributed by atoms with van der Waals surface area (Å²) < 4.78 is 0. The molecular weight excluding hydrogens is 208 g/mol. The van der Waals surface area contributed by atoms with Crippen molar-refractivity contribution >= 4 is 0 Å². The summed E-state index contributed by atoms with van der Waals surface area (Å²) in [4.78, 5) is 2.64. The molecule has 2 nitrogen and oxygen atoms in total. The topological polar surface area (TPSA) is 15.3 Å². The van der Waals surface area contributed by atoms with Crippen LogP contribution < -0.4 is 5.32 Å². The molecule has 0 radical (unpaired) electrons. The first-order chi connectivity index (χ1) is 8.25. The van der Waals surface area contributed by atoms with E-state index in [0.717, 1.165) is 12.1 Å². The zero-order chi connectivity index (χ0) is 12.5. The molecule has 0 aliphatic carbocycles. The van der Waals surface area contributed by atoms with Gasteiger partial charge in [0, 0.05) is 12.1 Å². The Hall–Kier alpha value is -0.0800. The van der Waals surface area contributed by atoms with E-state index in [-0.39, 0.29) is 0 Å². The van der Waals surface area contributed by atoms with Crippen LogP contribution in [0.15, 0.2) is 0 Å². The number of hydrogen-bond acceptors (Lipinski definition) is 2. The molecule has 1 saturated heterocycles. The highest BCUT2D eigenvalue weighted by Crippen LogP contribution is 2.17. The fourth-order valence-electron chi connectivity index (χ4n) is 2.84. The molecule has 1 N–H and O–H groups in total. The fraction of sp³-hybridized carbons (Fsp3) is 1.00. The minimum absolute atomic E-state index is 0.759. The molecular formula is C15H32N2. The molecule has 0 saturated carbocycles. The lowest BCUT2D eigenvalue weighted by molar-refractivity contribution is 0.160. The van der Waals surface area contributed by atoms with Crippen LogP contribution in [0.25, 0.3) is 0 Å². The summed E-state index contributed by atoms with van der Waals surface area (Å²) in [7, 11) is 2.33. The van der Waals surface area contributed by atoms with Gasteiger partial charge < -0.3 is 10.2 Å². The van der Waals surface area contributed by atoms with Crippen LogP contribution in [0.3, 0.4) is 0 Å². The van der Waals surface area contributed by atoms with E-state index in [2.05, 4.69) is 31.1 Å². The Labute approximate surface area is 108 Å². The zero-order valence-corrected chi connectivity index (χ0v) is 12.2. The molecule has 0 amide bonds. The van der Waals surface area contributed by atoms with Crippen molar-refractivity contribution in [3.8, 4) is 0 Å². The quantitative estimate of drug-likeness (QED) is 0.686. The number of hydrogen-bond donors (Lipinski definition) is 1. The highest BCUT2D eigenvalue weighted by Gasteiger charge is 2.20. The van der Waals surface area contributed by atoms with Crippen molar-refractivity contribution in [3.63, 3.8) is 0 Å². The van der Waals surface area contributed by atoms with E-state index in [4.69, 9.17) is 0 Å². The summed E-state index contributed by atoms with van der Waals surface area (Å²) in [5.41, 5.74) is 0. The average Bonchev–Trinajstić information content (AvgIpc) is 2.62. The molecule has 0 aromatic carbocycles. The molecule has 2 heteroatoms. The maximum atomic E-state index is 3.50. The smallest absolute Gasteiger partial charge is 0.0108 e. The Balaban J connectivity index is 2.21. The van der Waals surface area contributed by atoms with E-state index in [1.807, 2.05) is 0 Å². The van der Waals surface area contributed by atoms with Gasteiger partial charge in [-0.1, -0.05) is 32.6 Å². The molecule has 2 unspecified atom stereocenters. The van der Waals surface area contributed by atoms with Crippen molar-refractivity contribution < 1.29 is 0 Å². The van der Waals surface area contributed by atoms with Gasteiger partial charge in [-0.2, -0.15) is 0 Å². The Kier molecular flexibility index (Phi) is 7.87. The van der Waals surface area contributed by atoms with E-state index < -0.39 is 0 Å². The lowest BCUT2D eigenvalue weighted by Crippen LogP contribution is -2.39. The van der Waals surface area contributed by atoms with Gasteiger partial charge in [0.25, 0.3) is 0 Å².